The molecule has 3 aromatic rings. The molecule has 0 aliphatic carbocycles. The van der Waals surface area contributed by atoms with Crippen molar-refractivity contribution in [1.82, 2.24) is 14.5 Å². The molecule has 180 valence electrons. The first-order valence-electron chi connectivity index (χ1n) is 10.8. The lowest BCUT2D eigenvalue weighted by Gasteiger charge is -2.13. The van der Waals surface area contributed by atoms with Crippen molar-refractivity contribution < 1.29 is 18.3 Å². The van der Waals surface area contributed by atoms with Gasteiger partial charge in [-0.1, -0.05) is 32.0 Å². The highest BCUT2D eigenvalue weighted by Crippen LogP contribution is 2.36. The highest BCUT2D eigenvalue weighted by atomic mass is 32.1. The molecular formula is C23H28F3N3O3S. The standard InChI is InChI=1S/C23H28F3N3O3S/c1-14(2)13-29-21-19(20(31)28(3)22(29)32)16(12-27-9-6-10-30)18(33-21)11-15-7-4-5-8-17(15)23(24,25)26/h4-5,7-8,14,27,30H,6,9-13H2,1-3H3. The number of aliphatic hydroxyl groups is 1. The number of hydrogen-bond acceptors (Lipinski definition) is 5. The summed E-state index contributed by atoms with van der Waals surface area (Å²) >= 11 is 1.20. The second-order valence-electron chi connectivity index (χ2n) is 8.42. The van der Waals surface area contributed by atoms with E-state index in [4.69, 9.17) is 5.11 Å². The van der Waals surface area contributed by atoms with Crippen LogP contribution in [0.15, 0.2) is 33.9 Å². The van der Waals surface area contributed by atoms with Crippen LogP contribution in [-0.4, -0.2) is 27.4 Å². The fraction of sp³-hybridized carbons (Fsp3) is 0.478. The summed E-state index contributed by atoms with van der Waals surface area (Å²) in [7, 11) is 1.42. The van der Waals surface area contributed by atoms with Gasteiger partial charge in [0.1, 0.15) is 4.83 Å². The first-order chi connectivity index (χ1) is 15.6. The number of aromatic nitrogens is 2. The number of rotatable bonds is 9. The lowest BCUT2D eigenvalue weighted by atomic mass is 10.0. The Morgan fingerprint density at radius 3 is 2.52 bits per heavy atom. The van der Waals surface area contributed by atoms with Crippen molar-refractivity contribution in [3.05, 3.63) is 66.7 Å². The number of alkyl halides is 3. The Balaban J connectivity index is 2.23. The summed E-state index contributed by atoms with van der Waals surface area (Å²) in [4.78, 5) is 27.0. The lowest BCUT2D eigenvalue weighted by molar-refractivity contribution is -0.138. The van der Waals surface area contributed by atoms with Crippen LogP contribution in [0.25, 0.3) is 10.2 Å². The monoisotopic (exact) mass is 483 g/mol. The molecule has 2 heterocycles. The SMILES string of the molecule is CC(C)Cn1c(=O)n(C)c(=O)c2c(CNCCCO)c(Cc3ccccc3C(F)(F)F)sc21. The fourth-order valence-electron chi connectivity index (χ4n) is 3.83. The van der Waals surface area contributed by atoms with Gasteiger partial charge in [-0.25, -0.2) is 4.79 Å². The van der Waals surface area contributed by atoms with Crippen LogP contribution in [0.2, 0.25) is 0 Å². The maximum absolute atomic E-state index is 13.6. The number of halogens is 3. The van der Waals surface area contributed by atoms with Gasteiger partial charge in [-0.2, -0.15) is 13.2 Å². The van der Waals surface area contributed by atoms with Crippen molar-refractivity contribution in [1.29, 1.82) is 0 Å². The summed E-state index contributed by atoms with van der Waals surface area (Å²) in [5, 5.41) is 12.6. The van der Waals surface area contributed by atoms with E-state index in [-0.39, 0.29) is 31.1 Å². The van der Waals surface area contributed by atoms with Gasteiger partial charge < -0.3 is 10.4 Å². The molecule has 0 bridgehead atoms. The molecule has 0 radical (unpaired) electrons. The zero-order valence-corrected chi connectivity index (χ0v) is 19.6. The molecule has 0 atom stereocenters. The molecule has 0 unspecified atom stereocenters. The van der Waals surface area contributed by atoms with Gasteiger partial charge in [0.15, 0.2) is 0 Å². The molecule has 6 nitrogen and oxygen atoms in total. The third kappa shape index (κ3) is 5.39. The summed E-state index contributed by atoms with van der Waals surface area (Å²) in [6.45, 7) is 5.03. The highest BCUT2D eigenvalue weighted by molar-refractivity contribution is 7.18. The van der Waals surface area contributed by atoms with E-state index in [0.717, 1.165) is 10.6 Å². The third-order valence-corrected chi connectivity index (χ3v) is 6.64. The third-order valence-electron chi connectivity index (χ3n) is 5.39. The number of fused-ring (bicyclic) bond motifs is 1. The molecule has 2 aromatic heterocycles. The first kappa shape index (κ1) is 25.2. The Morgan fingerprint density at radius 1 is 1.18 bits per heavy atom. The predicted molar refractivity (Wildman–Crippen MR) is 124 cm³/mol. The van der Waals surface area contributed by atoms with Crippen molar-refractivity contribution in [2.75, 3.05) is 13.2 Å². The molecule has 0 amide bonds. The number of aliphatic hydroxyl groups excluding tert-OH is 1. The average molecular weight is 484 g/mol. The predicted octanol–water partition coefficient (Wildman–Crippen LogP) is 3.50. The summed E-state index contributed by atoms with van der Waals surface area (Å²) in [6.07, 6.45) is -4.00. The second-order valence-corrected chi connectivity index (χ2v) is 9.50. The van der Waals surface area contributed by atoms with Gasteiger partial charge in [0.05, 0.1) is 10.9 Å². The van der Waals surface area contributed by atoms with Crippen LogP contribution in [-0.2, 0) is 32.7 Å². The summed E-state index contributed by atoms with van der Waals surface area (Å²) in [6, 6.07) is 5.40. The Hall–Kier alpha value is -2.43. The number of benzene rings is 1. The van der Waals surface area contributed by atoms with Crippen LogP contribution in [0.4, 0.5) is 13.2 Å². The normalized spacial score (nSPS) is 12.2. The minimum Gasteiger partial charge on any atom is -0.396 e. The summed E-state index contributed by atoms with van der Waals surface area (Å²) in [5.74, 6) is 0.131. The van der Waals surface area contributed by atoms with Crippen molar-refractivity contribution in [2.45, 2.75) is 46.0 Å². The van der Waals surface area contributed by atoms with Crippen molar-refractivity contribution >= 4 is 21.6 Å². The van der Waals surface area contributed by atoms with E-state index < -0.39 is 23.0 Å². The zero-order valence-electron chi connectivity index (χ0n) is 18.8. The van der Waals surface area contributed by atoms with Crippen LogP contribution >= 0.6 is 11.3 Å². The smallest absolute Gasteiger partial charge is 0.396 e. The fourth-order valence-corrected chi connectivity index (χ4v) is 5.16. The molecule has 2 N–H and O–H groups in total. The van der Waals surface area contributed by atoms with E-state index in [1.807, 2.05) is 13.8 Å². The molecule has 0 fully saturated rings. The lowest BCUT2D eigenvalue weighted by Crippen LogP contribution is -2.38. The number of hydrogen-bond donors (Lipinski definition) is 2. The van der Waals surface area contributed by atoms with Crippen LogP contribution in [0.3, 0.4) is 0 Å². The van der Waals surface area contributed by atoms with E-state index in [2.05, 4.69) is 5.32 Å². The van der Waals surface area contributed by atoms with E-state index in [1.165, 1.54) is 30.5 Å². The molecule has 3 rings (SSSR count). The van der Waals surface area contributed by atoms with Crippen molar-refractivity contribution in [2.24, 2.45) is 13.0 Å². The Labute approximate surface area is 193 Å². The van der Waals surface area contributed by atoms with Gasteiger partial charge in [-0.3, -0.25) is 13.9 Å². The van der Waals surface area contributed by atoms with E-state index in [1.54, 1.807) is 10.6 Å². The van der Waals surface area contributed by atoms with Crippen molar-refractivity contribution in [3.63, 3.8) is 0 Å². The van der Waals surface area contributed by atoms with E-state index in [0.29, 0.717) is 40.2 Å². The van der Waals surface area contributed by atoms with Gasteiger partial charge >= 0.3 is 11.9 Å². The topological polar surface area (TPSA) is 76.3 Å². The molecule has 10 heteroatoms. The molecule has 33 heavy (non-hydrogen) atoms. The van der Waals surface area contributed by atoms with Crippen LogP contribution in [0.5, 0.6) is 0 Å². The maximum Gasteiger partial charge on any atom is 0.416 e. The second kappa shape index (κ2) is 10.2. The van der Waals surface area contributed by atoms with Gasteiger partial charge in [-0.05, 0) is 36.1 Å². The molecule has 0 aliphatic rings. The summed E-state index contributed by atoms with van der Waals surface area (Å²) in [5.41, 5.74) is -0.898. The Bertz CT molecular complexity index is 1240. The van der Waals surface area contributed by atoms with Gasteiger partial charge in [0, 0.05) is 38.0 Å². The number of nitrogens with one attached hydrogen (secondary N) is 1. The largest absolute Gasteiger partial charge is 0.416 e. The number of nitrogens with zero attached hydrogens (tertiary/aromatic N) is 2. The Morgan fingerprint density at radius 2 is 1.88 bits per heavy atom. The van der Waals surface area contributed by atoms with E-state index in [9.17, 15) is 22.8 Å². The minimum atomic E-state index is -4.50. The van der Waals surface area contributed by atoms with E-state index >= 15 is 0 Å². The first-order valence-corrected chi connectivity index (χ1v) is 11.6. The Kier molecular flexibility index (Phi) is 7.81. The minimum absolute atomic E-state index is 0.00110. The van der Waals surface area contributed by atoms with Crippen LogP contribution in [0, 0.1) is 5.92 Å². The molecule has 0 spiro atoms. The van der Waals surface area contributed by atoms with Gasteiger partial charge in [0.2, 0.25) is 0 Å². The molecule has 0 saturated carbocycles. The zero-order chi connectivity index (χ0) is 24.3. The van der Waals surface area contributed by atoms with Crippen LogP contribution in [0.1, 0.15) is 41.8 Å². The molecule has 0 saturated heterocycles. The molecule has 0 aliphatic heterocycles. The number of thiophene rings is 1. The summed E-state index contributed by atoms with van der Waals surface area (Å²) < 4.78 is 43.4. The molecule has 1 aromatic carbocycles. The average Bonchev–Trinajstić information content (AvgIpc) is 3.10. The van der Waals surface area contributed by atoms with Gasteiger partial charge in [-0.15, -0.1) is 11.3 Å². The molecular weight excluding hydrogens is 455 g/mol. The highest BCUT2D eigenvalue weighted by Gasteiger charge is 2.33. The van der Waals surface area contributed by atoms with Crippen molar-refractivity contribution in [3.8, 4) is 0 Å². The quantitative estimate of drug-likeness (QED) is 0.457. The van der Waals surface area contributed by atoms with Gasteiger partial charge in [0.25, 0.3) is 5.56 Å². The van der Waals surface area contributed by atoms with Crippen LogP contribution < -0.4 is 16.6 Å². The maximum atomic E-state index is 13.6.